The average molecular weight is 477 g/mol. The number of thiazole rings is 1. The summed E-state index contributed by atoms with van der Waals surface area (Å²) >= 11 is 2.81. The lowest BCUT2D eigenvalue weighted by Crippen LogP contribution is -2.12. The fraction of sp³-hybridized carbons (Fsp3) is 0.0833. The smallest absolute Gasteiger partial charge is 0.293 e. The third-order valence-corrected chi connectivity index (χ3v) is 6.67. The molecule has 1 amide bonds. The molecule has 0 atom stereocenters. The summed E-state index contributed by atoms with van der Waals surface area (Å²) in [4.78, 5) is 26.8. The molecule has 0 saturated heterocycles. The Balaban J connectivity index is 1.35. The van der Waals surface area contributed by atoms with Crippen LogP contribution in [-0.4, -0.2) is 20.9 Å². The van der Waals surface area contributed by atoms with Gasteiger partial charge >= 0.3 is 0 Å². The number of thioether (sulfide) groups is 1. The number of nitrogens with one attached hydrogen (secondary N) is 1. The lowest BCUT2D eigenvalue weighted by Gasteiger charge is -2.03. The number of benzene rings is 2. The number of fused-ring (bicyclic) bond motifs is 1. The number of carbonyl (C=O) groups is 1. The van der Waals surface area contributed by atoms with Gasteiger partial charge in [-0.15, -0.1) is 11.3 Å². The number of para-hydroxylation sites is 1. The standard InChI is InChI=1S/C24H17FN4O2S2/c25-16-8-6-15(7-9-16)12-17-13-28-24(33-17)29-22(30)21-19(14-32-23-26-10-3-11-27-23)18-4-1-2-5-20(18)31-21/h1-11,13H,12,14H2,(H,28,29,30). The molecule has 0 radical (unpaired) electrons. The van der Waals surface area contributed by atoms with Gasteiger partial charge in [0.1, 0.15) is 11.4 Å². The van der Waals surface area contributed by atoms with E-state index >= 15 is 0 Å². The number of nitrogens with zero attached hydrogens (tertiary/aromatic N) is 3. The summed E-state index contributed by atoms with van der Waals surface area (Å²) in [6.07, 6.45) is 5.69. The molecule has 0 aliphatic rings. The van der Waals surface area contributed by atoms with E-state index in [2.05, 4.69) is 20.3 Å². The Hall–Kier alpha value is -3.56. The van der Waals surface area contributed by atoms with Gasteiger partial charge in [0.25, 0.3) is 5.91 Å². The van der Waals surface area contributed by atoms with E-state index in [1.807, 2.05) is 24.3 Å². The van der Waals surface area contributed by atoms with Crippen LogP contribution < -0.4 is 5.32 Å². The monoisotopic (exact) mass is 476 g/mol. The molecule has 3 heterocycles. The second-order valence-corrected chi connectivity index (χ2v) is 9.17. The predicted molar refractivity (Wildman–Crippen MR) is 127 cm³/mol. The van der Waals surface area contributed by atoms with Crippen molar-refractivity contribution >= 4 is 45.1 Å². The lowest BCUT2D eigenvalue weighted by atomic mass is 10.1. The molecule has 0 bridgehead atoms. The zero-order valence-electron chi connectivity index (χ0n) is 17.2. The highest BCUT2D eigenvalue weighted by atomic mass is 32.2. The summed E-state index contributed by atoms with van der Waals surface area (Å²) < 4.78 is 19.0. The van der Waals surface area contributed by atoms with Crippen LogP contribution in [0.4, 0.5) is 9.52 Å². The minimum atomic E-state index is -0.363. The lowest BCUT2D eigenvalue weighted by molar-refractivity contribution is 0.0998. The van der Waals surface area contributed by atoms with Crippen LogP contribution in [0, 0.1) is 5.82 Å². The summed E-state index contributed by atoms with van der Waals surface area (Å²) in [7, 11) is 0. The fourth-order valence-corrected chi connectivity index (χ4v) is 5.00. The van der Waals surface area contributed by atoms with Crippen molar-refractivity contribution in [3.8, 4) is 0 Å². The number of furan rings is 1. The van der Waals surface area contributed by atoms with Gasteiger partial charge in [-0.25, -0.2) is 19.3 Å². The first-order chi connectivity index (χ1) is 16.2. The van der Waals surface area contributed by atoms with Gasteiger partial charge in [0.05, 0.1) is 0 Å². The molecule has 33 heavy (non-hydrogen) atoms. The van der Waals surface area contributed by atoms with Gasteiger partial charge in [0.15, 0.2) is 16.0 Å². The summed E-state index contributed by atoms with van der Waals surface area (Å²) in [5, 5.41) is 4.82. The maximum Gasteiger partial charge on any atom is 0.293 e. The summed E-state index contributed by atoms with van der Waals surface area (Å²) in [6, 6.07) is 15.6. The van der Waals surface area contributed by atoms with Crippen molar-refractivity contribution < 1.29 is 13.6 Å². The third-order valence-electron chi connectivity index (χ3n) is 4.86. The highest BCUT2D eigenvalue weighted by Crippen LogP contribution is 2.32. The number of hydrogen-bond donors (Lipinski definition) is 1. The van der Waals surface area contributed by atoms with Crippen LogP contribution in [0.25, 0.3) is 11.0 Å². The van der Waals surface area contributed by atoms with E-state index in [1.54, 1.807) is 36.8 Å². The highest BCUT2D eigenvalue weighted by Gasteiger charge is 2.22. The molecule has 0 spiro atoms. The van der Waals surface area contributed by atoms with Gasteiger partial charge in [0.2, 0.25) is 0 Å². The van der Waals surface area contributed by atoms with Crippen LogP contribution in [0.15, 0.2) is 82.8 Å². The van der Waals surface area contributed by atoms with Crippen molar-refractivity contribution in [2.75, 3.05) is 5.32 Å². The van der Waals surface area contributed by atoms with Crippen LogP contribution in [0.3, 0.4) is 0 Å². The number of carbonyl (C=O) groups excluding carboxylic acids is 1. The maximum atomic E-state index is 13.1. The Morgan fingerprint density at radius 1 is 1.03 bits per heavy atom. The number of aromatic nitrogens is 3. The topological polar surface area (TPSA) is 80.9 Å². The minimum absolute atomic E-state index is 0.245. The molecule has 1 N–H and O–H groups in total. The van der Waals surface area contributed by atoms with Gasteiger partial charge in [-0.05, 0) is 29.8 Å². The Morgan fingerprint density at radius 2 is 1.82 bits per heavy atom. The molecular weight excluding hydrogens is 459 g/mol. The van der Waals surface area contributed by atoms with Crippen molar-refractivity contribution in [1.82, 2.24) is 15.0 Å². The molecule has 3 aromatic heterocycles. The normalized spacial score (nSPS) is 11.1. The van der Waals surface area contributed by atoms with Crippen LogP contribution in [0.1, 0.15) is 26.6 Å². The molecular formula is C24H17FN4O2S2. The Kier molecular flexibility index (Phi) is 6.14. The number of anilines is 1. The van der Waals surface area contributed by atoms with Crippen LogP contribution in [-0.2, 0) is 12.2 Å². The van der Waals surface area contributed by atoms with Crippen molar-refractivity contribution in [2.45, 2.75) is 17.3 Å². The van der Waals surface area contributed by atoms with E-state index in [0.717, 1.165) is 21.4 Å². The zero-order valence-corrected chi connectivity index (χ0v) is 18.8. The molecule has 164 valence electrons. The summed E-state index contributed by atoms with van der Waals surface area (Å²) in [5.41, 5.74) is 2.39. The Morgan fingerprint density at radius 3 is 2.64 bits per heavy atom. The molecule has 0 aliphatic carbocycles. The molecule has 0 unspecified atom stereocenters. The third kappa shape index (κ3) is 4.94. The summed E-state index contributed by atoms with van der Waals surface area (Å²) in [5.74, 6) is 0.0975. The van der Waals surface area contributed by atoms with Gasteiger partial charge in [-0.3, -0.25) is 10.1 Å². The second kappa shape index (κ2) is 9.51. The number of hydrogen-bond acceptors (Lipinski definition) is 7. The molecule has 0 fully saturated rings. The van der Waals surface area contributed by atoms with Gasteiger partial charge in [0, 0.05) is 46.6 Å². The first-order valence-corrected chi connectivity index (χ1v) is 11.9. The van der Waals surface area contributed by atoms with E-state index in [4.69, 9.17) is 4.42 Å². The molecule has 9 heteroatoms. The van der Waals surface area contributed by atoms with E-state index in [1.165, 1.54) is 35.2 Å². The predicted octanol–water partition coefficient (Wildman–Crippen LogP) is 5.95. The molecule has 5 aromatic rings. The van der Waals surface area contributed by atoms with E-state index < -0.39 is 0 Å². The second-order valence-electron chi connectivity index (χ2n) is 7.12. The minimum Gasteiger partial charge on any atom is -0.451 e. The molecule has 5 rings (SSSR count). The van der Waals surface area contributed by atoms with Crippen molar-refractivity contribution in [3.05, 3.63) is 101 Å². The van der Waals surface area contributed by atoms with Gasteiger partial charge < -0.3 is 4.42 Å². The molecule has 0 saturated carbocycles. The van der Waals surface area contributed by atoms with Gasteiger partial charge in [-0.1, -0.05) is 42.1 Å². The summed E-state index contributed by atoms with van der Waals surface area (Å²) in [6.45, 7) is 0. The first kappa shape index (κ1) is 21.3. The zero-order chi connectivity index (χ0) is 22.6. The number of halogens is 1. The van der Waals surface area contributed by atoms with Crippen LogP contribution in [0.2, 0.25) is 0 Å². The highest BCUT2D eigenvalue weighted by molar-refractivity contribution is 7.98. The largest absolute Gasteiger partial charge is 0.451 e. The molecule has 2 aromatic carbocycles. The Labute approximate surface area is 196 Å². The average Bonchev–Trinajstić information content (AvgIpc) is 3.44. The van der Waals surface area contributed by atoms with Gasteiger partial charge in [-0.2, -0.15) is 0 Å². The number of rotatable bonds is 7. The fourth-order valence-electron chi connectivity index (χ4n) is 3.33. The van der Waals surface area contributed by atoms with E-state index in [0.29, 0.717) is 28.0 Å². The number of amides is 1. The first-order valence-electron chi connectivity index (χ1n) is 10.1. The Bertz CT molecular complexity index is 1400. The van der Waals surface area contributed by atoms with Crippen molar-refractivity contribution in [3.63, 3.8) is 0 Å². The van der Waals surface area contributed by atoms with Crippen LogP contribution in [0.5, 0.6) is 0 Å². The van der Waals surface area contributed by atoms with E-state index in [9.17, 15) is 9.18 Å². The molecule has 0 aliphatic heterocycles. The quantitative estimate of drug-likeness (QED) is 0.231. The van der Waals surface area contributed by atoms with Crippen molar-refractivity contribution in [2.24, 2.45) is 0 Å². The SMILES string of the molecule is O=C(Nc1ncc(Cc2ccc(F)cc2)s1)c1oc2ccccc2c1CSc1ncccn1. The van der Waals surface area contributed by atoms with Crippen LogP contribution >= 0.6 is 23.1 Å². The molecule has 6 nitrogen and oxygen atoms in total. The van der Waals surface area contributed by atoms with Crippen molar-refractivity contribution in [1.29, 1.82) is 0 Å². The maximum absolute atomic E-state index is 13.1. The van der Waals surface area contributed by atoms with E-state index in [-0.39, 0.29) is 17.5 Å².